The molecule has 8 heteroatoms. The normalized spacial score (nSPS) is 12.1. The molecule has 0 radical (unpaired) electrons. The summed E-state index contributed by atoms with van der Waals surface area (Å²) in [4.78, 5) is 0. The Balaban J connectivity index is 3.02. The van der Waals surface area contributed by atoms with Gasteiger partial charge in [0.2, 0.25) is 0 Å². The van der Waals surface area contributed by atoms with Gasteiger partial charge in [-0.3, -0.25) is 0 Å². The molecule has 20 heavy (non-hydrogen) atoms. The molecule has 0 aliphatic heterocycles. The van der Waals surface area contributed by atoms with Crippen LogP contribution < -0.4 is 4.74 Å². The van der Waals surface area contributed by atoms with E-state index >= 15 is 0 Å². The third kappa shape index (κ3) is 4.64. The lowest BCUT2D eigenvalue weighted by Gasteiger charge is -2.14. The van der Waals surface area contributed by atoms with E-state index in [2.05, 4.69) is 0 Å². The number of nitrogens with zero attached hydrogens (tertiary/aromatic N) is 1. The molecule has 0 saturated heterocycles. The molecule has 0 amide bonds. The zero-order valence-corrected chi connectivity index (χ0v) is 9.98. The Morgan fingerprint density at radius 2 is 1.45 bits per heavy atom. The number of unbranched alkanes of at least 4 members (excludes halogenated alkanes) is 1. The van der Waals surface area contributed by atoms with Gasteiger partial charge < -0.3 is 4.74 Å². The minimum atomic E-state index is -4.90. The summed E-state index contributed by atoms with van der Waals surface area (Å²) in [7, 11) is 0. The van der Waals surface area contributed by atoms with E-state index in [4.69, 9.17) is 10.00 Å². The summed E-state index contributed by atoms with van der Waals surface area (Å²) >= 11 is 0. The van der Waals surface area contributed by atoms with Crippen LogP contribution in [0, 0.1) is 11.3 Å². The van der Waals surface area contributed by atoms with Crippen LogP contribution in [-0.2, 0) is 12.4 Å². The van der Waals surface area contributed by atoms with Crippen LogP contribution >= 0.6 is 0 Å². The molecule has 0 aliphatic rings. The molecule has 2 nitrogen and oxygen atoms in total. The number of nitriles is 1. The number of hydrogen-bond donors (Lipinski definition) is 0. The zero-order valence-electron chi connectivity index (χ0n) is 9.98. The lowest BCUT2D eigenvalue weighted by Crippen LogP contribution is -2.11. The van der Waals surface area contributed by atoms with Crippen molar-refractivity contribution in [2.24, 2.45) is 0 Å². The van der Waals surface area contributed by atoms with Crippen molar-refractivity contribution in [2.75, 3.05) is 6.61 Å². The van der Waals surface area contributed by atoms with Crippen molar-refractivity contribution in [3.63, 3.8) is 0 Å². The molecule has 1 rings (SSSR count). The van der Waals surface area contributed by atoms with Crippen LogP contribution in [0.3, 0.4) is 0 Å². The Morgan fingerprint density at radius 3 is 1.85 bits per heavy atom. The largest absolute Gasteiger partial charge is 0.494 e. The third-order valence-corrected chi connectivity index (χ3v) is 2.26. The predicted molar refractivity (Wildman–Crippen MR) is 56.8 cm³/mol. The molecule has 0 saturated carbocycles. The fraction of sp³-hybridized carbons (Fsp3) is 0.417. The second-order valence-corrected chi connectivity index (χ2v) is 3.85. The second-order valence-electron chi connectivity index (χ2n) is 3.85. The van der Waals surface area contributed by atoms with E-state index in [-0.39, 0.29) is 25.5 Å². The van der Waals surface area contributed by atoms with Gasteiger partial charge in [-0.15, -0.1) is 0 Å². The highest BCUT2D eigenvalue weighted by atomic mass is 19.4. The first kappa shape index (κ1) is 16.1. The summed E-state index contributed by atoms with van der Waals surface area (Å²) in [5.41, 5.74) is -2.86. The first-order valence-electron chi connectivity index (χ1n) is 5.44. The lowest BCUT2D eigenvalue weighted by atomic mass is 10.1. The SMILES string of the molecule is N#CCCCOc1cc(C(F)(F)F)cc(C(F)(F)F)c1. The zero-order chi connectivity index (χ0) is 15.4. The number of ether oxygens (including phenoxy) is 1. The van der Waals surface area contributed by atoms with Gasteiger partial charge in [0.05, 0.1) is 23.8 Å². The van der Waals surface area contributed by atoms with Gasteiger partial charge in [0, 0.05) is 6.42 Å². The lowest BCUT2D eigenvalue weighted by molar-refractivity contribution is -0.143. The maximum absolute atomic E-state index is 12.5. The van der Waals surface area contributed by atoms with Crippen molar-refractivity contribution in [3.05, 3.63) is 29.3 Å². The van der Waals surface area contributed by atoms with Crippen LogP contribution in [0.2, 0.25) is 0 Å². The van der Waals surface area contributed by atoms with Gasteiger partial charge in [-0.1, -0.05) is 0 Å². The van der Waals surface area contributed by atoms with Crippen molar-refractivity contribution in [2.45, 2.75) is 25.2 Å². The molecule has 0 atom stereocenters. The minimum absolute atomic E-state index is 0.0299. The third-order valence-electron chi connectivity index (χ3n) is 2.26. The van der Waals surface area contributed by atoms with E-state index in [1.807, 2.05) is 0 Å². The molecule has 0 bridgehead atoms. The number of rotatable bonds is 4. The van der Waals surface area contributed by atoms with Crippen LogP contribution in [0.4, 0.5) is 26.3 Å². The monoisotopic (exact) mass is 297 g/mol. The number of halogens is 6. The van der Waals surface area contributed by atoms with Crippen molar-refractivity contribution in [1.82, 2.24) is 0 Å². The fourth-order valence-corrected chi connectivity index (χ4v) is 1.35. The fourth-order valence-electron chi connectivity index (χ4n) is 1.35. The predicted octanol–water partition coefficient (Wildman–Crippen LogP) is 4.41. The molecule has 0 spiro atoms. The summed E-state index contributed by atoms with van der Waals surface area (Å²) < 4.78 is 79.9. The Kier molecular flexibility index (Phi) is 4.87. The molecule has 1 aromatic carbocycles. The van der Waals surface area contributed by atoms with E-state index in [0.29, 0.717) is 12.1 Å². The van der Waals surface area contributed by atoms with Gasteiger partial charge in [0.25, 0.3) is 0 Å². The van der Waals surface area contributed by atoms with E-state index < -0.39 is 29.2 Å². The molecule has 0 unspecified atom stereocenters. The maximum atomic E-state index is 12.5. The quantitative estimate of drug-likeness (QED) is 0.609. The van der Waals surface area contributed by atoms with Crippen molar-refractivity contribution < 1.29 is 31.1 Å². The Bertz CT molecular complexity index is 468. The first-order valence-corrected chi connectivity index (χ1v) is 5.44. The van der Waals surface area contributed by atoms with Crippen molar-refractivity contribution in [1.29, 1.82) is 5.26 Å². The highest BCUT2D eigenvalue weighted by Gasteiger charge is 2.37. The van der Waals surface area contributed by atoms with E-state index in [1.165, 1.54) is 0 Å². The minimum Gasteiger partial charge on any atom is -0.494 e. The molecular formula is C12H9F6NO. The Hall–Kier alpha value is -1.91. The maximum Gasteiger partial charge on any atom is 0.416 e. The standard InChI is InChI=1S/C12H9F6NO/c13-11(14,15)8-5-9(12(16,17)18)7-10(6-8)20-4-2-1-3-19/h5-7H,1-2,4H2. The van der Waals surface area contributed by atoms with Gasteiger partial charge in [0.1, 0.15) is 5.75 Å². The van der Waals surface area contributed by atoms with Gasteiger partial charge >= 0.3 is 12.4 Å². The molecule has 0 aromatic heterocycles. The van der Waals surface area contributed by atoms with Crippen LogP contribution in [0.5, 0.6) is 5.75 Å². The van der Waals surface area contributed by atoms with Crippen LogP contribution in [0.15, 0.2) is 18.2 Å². The highest BCUT2D eigenvalue weighted by Crippen LogP contribution is 2.38. The second kappa shape index (κ2) is 6.03. The Morgan fingerprint density at radius 1 is 0.950 bits per heavy atom. The summed E-state index contributed by atoms with van der Waals surface area (Å²) in [6, 6.07) is 2.82. The summed E-state index contributed by atoms with van der Waals surface area (Å²) in [6.07, 6.45) is -9.47. The topological polar surface area (TPSA) is 33.0 Å². The first-order chi connectivity index (χ1) is 9.14. The van der Waals surface area contributed by atoms with Gasteiger partial charge in [0.15, 0.2) is 0 Å². The molecule has 0 fully saturated rings. The molecule has 110 valence electrons. The number of benzene rings is 1. The smallest absolute Gasteiger partial charge is 0.416 e. The summed E-state index contributed by atoms with van der Waals surface area (Å²) in [5, 5.41) is 8.26. The van der Waals surface area contributed by atoms with Gasteiger partial charge in [-0.05, 0) is 24.6 Å². The van der Waals surface area contributed by atoms with Gasteiger partial charge in [-0.2, -0.15) is 31.6 Å². The Labute approximate surface area is 110 Å². The molecule has 0 aliphatic carbocycles. The van der Waals surface area contributed by atoms with Crippen LogP contribution in [0.1, 0.15) is 24.0 Å². The average molecular weight is 297 g/mol. The summed E-state index contributed by atoms with van der Waals surface area (Å²) in [6.45, 7) is -0.133. The number of hydrogen-bond acceptors (Lipinski definition) is 2. The van der Waals surface area contributed by atoms with E-state index in [1.54, 1.807) is 6.07 Å². The average Bonchev–Trinajstić information content (AvgIpc) is 2.32. The highest BCUT2D eigenvalue weighted by molar-refractivity contribution is 5.37. The van der Waals surface area contributed by atoms with Crippen LogP contribution in [-0.4, -0.2) is 6.61 Å². The molecular weight excluding hydrogens is 288 g/mol. The van der Waals surface area contributed by atoms with Crippen molar-refractivity contribution in [3.8, 4) is 11.8 Å². The van der Waals surface area contributed by atoms with E-state index in [9.17, 15) is 26.3 Å². The van der Waals surface area contributed by atoms with E-state index in [0.717, 1.165) is 0 Å². The van der Waals surface area contributed by atoms with Crippen LogP contribution in [0.25, 0.3) is 0 Å². The molecule has 0 N–H and O–H groups in total. The van der Waals surface area contributed by atoms with Gasteiger partial charge in [-0.25, -0.2) is 0 Å². The van der Waals surface area contributed by atoms with Crippen molar-refractivity contribution >= 4 is 0 Å². The summed E-state index contributed by atoms with van der Waals surface area (Å²) in [5.74, 6) is -0.523. The number of alkyl halides is 6. The molecule has 1 aromatic rings. The molecule has 0 heterocycles.